The monoisotopic (exact) mass is 481 g/mol. The summed E-state index contributed by atoms with van der Waals surface area (Å²) in [4.78, 5) is 21.0. The first-order valence-corrected chi connectivity index (χ1v) is 4.98. The molecule has 0 saturated carbocycles. The van der Waals surface area contributed by atoms with Crippen LogP contribution in [0.15, 0.2) is 23.5 Å². The van der Waals surface area contributed by atoms with Crippen LogP contribution in [0.25, 0.3) is 0 Å². The summed E-state index contributed by atoms with van der Waals surface area (Å²) < 4.78 is 5.14. The van der Waals surface area contributed by atoms with Crippen molar-refractivity contribution in [3.05, 3.63) is 23.5 Å². The van der Waals surface area contributed by atoms with Crippen LogP contribution in [0.2, 0.25) is 0 Å². The SMILES string of the molecule is COC1=CCCC=C1CC(N[C-]=O)C(=O)O.[Fm]. The van der Waals surface area contributed by atoms with Gasteiger partial charge in [-0.3, -0.25) is 4.79 Å². The molecular weight excluding hydrogens is 467 g/mol. The van der Waals surface area contributed by atoms with Crippen molar-refractivity contribution in [1.82, 2.24) is 5.32 Å². The van der Waals surface area contributed by atoms with Crippen molar-refractivity contribution in [3.63, 3.8) is 0 Å². The quantitative estimate of drug-likeness (QED) is 0.434. The van der Waals surface area contributed by atoms with Crippen LogP contribution in [0.3, 0.4) is 0 Å². The summed E-state index contributed by atoms with van der Waals surface area (Å²) in [5, 5.41) is 11.0. The molecule has 17 heavy (non-hydrogen) atoms. The average Bonchev–Trinajstić information content (AvgIpc) is 2.29. The molecule has 6 heteroatoms. The topological polar surface area (TPSA) is 75.6 Å². The summed E-state index contributed by atoms with van der Waals surface area (Å²) in [6.45, 7) is 0. The van der Waals surface area contributed by atoms with Crippen molar-refractivity contribution < 1.29 is 19.4 Å². The van der Waals surface area contributed by atoms with Gasteiger partial charge in [0.2, 0.25) is 0 Å². The Morgan fingerprint density at radius 3 is 2.76 bits per heavy atom. The second kappa shape index (κ2) is 6.66. The Bertz CT molecular complexity index is 338. The van der Waals surface area contributed by atoms with E-state index < -0.39 is 12.0 Å². The number of rotatable bonds is 6. The van der Waals surface area contributed by atoms with Crippen LogP contribution in [0.4, 0.5) is 0 Å². The molecule has 0 radical (unpaired) electrons. The summed E-state index contributed by atoms with van der Waals surface area (Å²) in [6.07, 6.45) is 7.21. The molecule has 1 aliphatic rings. The molecular formula is C11H14FmNO4-. The van der Waals surface area contributed by atoms with Gasteiger partial charge in [0, 0.05) is 6.42 Å². The molecule has 1 amide bonds. The number of hydrogen-bond donors (Lipinski definition) is 2. The van der Waals surface area contributed by atoms with Crippen LogP contribution in [0.1, 0.15) is 19.3 Å². The van der Waals surface area contributed by atoms with E-state index in [4.69, 9.17) is 9.84 Å². The largest absolute Gasteiger partial charge is 0.520 e. The number of carbonyl (C=O) groups excluding carboxylic acids is 1. The third-order valence-corrected chi connectivity index (χ3v) is 2.38. The van der Waals surface area contributed by atoms with Crippen LogP contribution in [-0.2, 0) is 14.3 Å². The first-order valence-electron chi connectivity index (χ1n) is 4.98. The second-order valence-electron chi connectivity index (χ2n) is 3.42. The van der Waals surface area contributed by atoms with Gasteiger partial charge in [-0.1, -0.05) is 6.08 Å². The molecule has 1 rings (SSSR count). The molecule has 0 bridgehead atoms. The molecule has 1 unspecified atom stereocenters. The Kier molecular flexibility index (Phi) is 5.57. The maximum atomic E-state index is 10.8. The predicted octanol–water partition coefficient (Wildman–Crippen LogP) is 0.737. The Morgan fingerprint density at radius 2 is 2.24 bits per heavy atom. The van der Waals surface area contributed by atoms with Gasteiger partial charge < -0.3 is 20.0 Å². The number of carbonyl (C=O) groups is 1. The van der Waals surface area contributed by atoms with Crippen molar-refractivity contribution in [2.45, 2.75) is 25.3 Å². The van der Waals surface area contributed by atoms with E-state index in [9.17, 15) is 9.59 Å². The fraction of sp³-hybridized carbons (Fsp3) is 0.455. The first-order chi connectivity index (χ1) is 7.69. The number of carboxylic acids is 1. The molecule has 0 heterocycles. The molecule has 0 aromatic rings. The molecule has 0 aromatic heterocycles. The number of ether oxygens (including phenoxy) is 1. The predicted molar refractivity (Wildman–Crippen MR) is 57.3 cm³/mol. The van der Waals surface area contributed by atoms with Gasteiger partial charge in [0.25, 0.3) is 0 Å². The van der Waals surface area contributed by atoms with Gasteiger partial charge in [0.05, 0.1) is 7.11 Å². The van der Waals surface area contributed by atoms with E-state index >= 15 is 0 Å². The van der Waals surface area contributed by atoms with Crippen LogP contribution in [-0.4, -0.2) is 30.6 Å². The smallest absolute Gasteiger partial charge is 0.323 e. The molecule has 0 spiro atoms. The zero-order chi connectivity index (χ0) is 12.0. The fourth-order valence-electron chi connectivity index (χ4n) is 1.59. The first kappa shape index (κ1) is 14.2. The van der Waals surface area contributed by atoms with E-state index in [0.717, 1.165) is 18.4 Å². The Labute approximate surface area is 93.8 Å². The van der Waals surface area contributed by atoms with Gasteiger partial charge in [0.1, 0.15) is 11.8 Å². The number of methoxy groups -OCH3 is 1. The van der Waals surface area contributed by atoms with Crippen molar-refractivity contribution in [1.29, 1.82) is 0 Å². The molecule has 0 aromatic carbocycles. The van der Waals surface area contributed by atoms with E-state index in [1.807, 2.05) is 12.2 Å². The van der Waals surface area contributed by atoms with Gasteiger partial charge >= 0.3 is 5.97 Å². The molecule has 0 saturated heterocycles. The maximum absolute atomic E-state index is 10.8. The number of hydrogen-bond acceptors (Lipinski definition) is 3. The number of allylic oxidation sites excluding steroid dienone is 3. The van der Waals surface area contributed by atoms with Gasteiger partial charge in [-0.2, -0.15) is 6.41 Å². The van der Waals surface area contributed by atoms with E-state index in [-0.39, 0.29) is 6.42 Å². The summed E-state index contributed by atoms with van der Waals surface area (Å²) in [6, 6.07) is -0.958. The van der Waals surface area contributed by atoms with E-state index in [1.165, 1.54) is 6.41 Å². The van der Waals surface area contributed by atoms with Gasteiger partial charge in [-0.05, 0) is 24.5 Å². The van der Waals surface area contributed by atoms with Crippen LogP contribution in [0, 0.1) is 0 Å². The third kappa shape index (κ3) is 3.70. The minimum atomic E-state index is -1.08. The van der Waals surface area contributed by atoms with Crippen LogP contribution in [0.5, 0.6) is 0 Å². The number of aliphatic carboxylic acids is 1. The van der Waals surface area contributed by atoms with Crippen molar-refractivity contribution in [2.75, 3.05) is 7.11 Å². The van der Waals surface area contributed by atoms with Crippen LogP contribution < -0.4 is 5.32 Å². The molecule has 1 aliphatic carbocycles. The second-order valence-corrected chi connectivity index (χ2v) is 3.42. The average molecular weight is 481 g/mol. The van der Waals surface area contributed by atoms with E-state index in [2.05, 4.69) is 5.32 Å². The minimum Gasteiger partial charge on any atom is -0.520 e. The van der Waals surface area contributed by atoms with E-state index in [1.54, 1.807) is 7.11 Å². The Balaban J connectivity index is 0.00000256. The number of nitrogens with one attached hydrogen (secondary N) is 1. The Hall–Kier alpha value is -2.78. The maximum Gasteiger partial charge on any atom is 0.323 e. The standard InChI is InChI=1S/C11H14NO4.Fm/c1-16-10-5-3-2-4-8(10)6-9(11(14)15)12-7-13;/h4-5,9H,2-3,6H2,1H3,(H,12,13)(H,14,15);/q-1;. The zero-order valence-electron chi connectivity index (χ0n) is 9.31. The molecule has 5 nitrogen and oxygen atoms in total. The summed E-state index contributed by atoms with van der Waals surface area (Å²) in [5.41, 5.74) is 0.809. The third-order valence-electron chi connectivity index (χ3n) is 2.38. The number of carboxylic acid groups (broad SMARTS) is 1. The molecule has 1 atom stereocenters. The molecule has 0 aliphatic heterocycles. The van der Waals surface area contributed by atoms with Gasteiger partial charge in [-0.25, -0.2) is 0 Å². The number of amides is 1. The van der Waals surface area contributed by atoms with Crippen molar-refractivity contribution in [2.24, 2.45) is 0 Å². The van der Waals surface area contributed by atoms with E-state index in [0.29, 0.717) is 5.76 Å². The molecule has 100 valence electrons. The zero-order valence-corrected chi connectivity index (χ0v) is 11.7. The normalized spacial score (nSPS) is 15.8. The fourth-order valence-corrected chi connectivity index (χ4v) is 1.59. The van der Waals surface area contributed by atoms with Gasteiger partial charge in [0.15, 0.2) is 0 Å². The molecule has 0 fully saturated rings. The summed E-state index contributed by atoms with van der Waals surface area (Å²) >= 11 is 0. The summed E-state index contributed by atoms with van der Waals surface area (Å²) in [7, 11) is 1.54. The molecule has 2 N–H and O–H groups in total. The van der Waals surface area contributed by atoms with Crippen molar-refractivity contribution in [3.8, 4) is 0 Å². The Morgan fingerprint density at radius 1 is 1.59 bits per heavy atom. The minimum absolute atomic E-state index is 0. The summed E-state index contributed by atoms with van der Waals surface area (Å²) in [5.74, 6) is -0.393. The van der Waals surface area contributed by atoms with Crippen LogP contribution >= 0.6 is 0 Å². The van der Waals surface area contributed by atoms with Gasteiger partial charge in [-0.15, -0.1) is 0 Å². The van der Waals surface area contributed by atoms with Crippen molar-refractivity contribution >= 4 is 12.4 Å².